The van der Waals surface area contributed by atoms with Crippen LogP contribution in [0.3, 0.4) is 0 Å². The van der Waals surface area contributed by atoms with Crippen molar-refractivity contribution in [2.75, 3.05) is 4.72 Å². The normalized spacial score (nSPS) is 11.6. The standard InChI is InChI=1S/C20H16ClN3O2S/c1-13-2-9-17(10-3-13)27(25,26)24-16-8-11-18-19(12-16)23-20(22-18)14-4-6-15(21)7-5-14/h2-12,24H,1H3,(H,22,23). The van der Waals surface area contributed by atoms with E-state index in [0.29, 0.717) is 16.5 Å². The second-order valence-electron chi connectivity index (χ2n) is 6.24. The molecule has 4 rings (SSSR count). The zero-order valence-electron chi connectivity index (χ0n) is 14.4. The number of halogens is 1. The molecule has 1 aromatic heterocycles. The van der Waals surface area contributed by atoms with Gasteiger partial charge < -0.3 is 4.98 Å². The molecule has 136 valence electrons. The van der Waals surface area contributed by atoms with Crippen molar-refractivity contribution >= 4 is 38.3 Å². The van der Waals surface area contributed by atoms with Crippen LogP contribution in [0.25, 0.3) is 22.4 Å². The van der Waals surface area contributed by atoms with E-state index in [1.807, 2.05) is 19.1 Å². The molecule has 1 heterocycles. The summed E-state index contributed by atoms with van der Waals surface area (Å²) in [6, 6.07) is 19.3. The summed E-state index contributed by atoms with van der Waals surface area (Å²) in [5.74, 6) is 0.695. The highest BCUT2D eigenvalue weighted by atomic mass is 35.5. The molecular weight excluding hydrogens is 382 g/mol. The summed E-state index contributed by atoms with van der Waals surface area (Å²) in [5, 5.41) is 0.655. The number of benzene rings is 3. The average Bonchev–Trinajstić information content (AvgIpc) is 3.05. The monoisotopic (exact) mass is 397 g/mol. The first-order valence-electron chi connectivity index (χ1n) is 8.26. The zero-order chi connectivity index (χ0) is 19.0. The summed E-state index contributed by atoms with van der Waals surface area (Å²) in [7, 11) is -3.65. The van der Waals surface area contributed by atoms with Gasteiger partial charge in [0.1, 0.15) is 5.82 Å². The molecule has 5 nitrogen and oxygen atoms in total. The van der Waals surface area contributed by atoms with Gasteiger partial charge in [0.05, 0.1) is 21.6 Å². The topological polar surface area (TPSA) is 74.8 Å². The first kappa shape index (κ1) is 17.6. The minimum Gasteiger partial charge on any atom is -0.338 e. The van der Waals surface area contributed by atoms with Gasteiger partial charge in [-0.15, -0.1) is 0 Å². The predicted octanol–water partition coefficient (Wildman–Crippen LogP) is 4.99. The zero-order valence-corrected chi connectivity index (χ0v) is 16.0. The van der Waals surface area contributed by atoms with Gasteiger partial charge in [-0.2, -0.15) is 0 Å². The fourth-order valence-electron chi connectivity index (χ4n) is 2.75. The lowest BCUT2D eigenvalue weighted by molar-refractivity contribution is 0.601. The molecule has 0 fully saturated rings. The number of nitrogens with zero attached hydrogens (tertiary/aromatic N) is 1. The van der Waals surface area contributed by atoms with Gasteiger partial charge >= 0.3 is 0 Å². The maximum atomic E-state index is 12.6. The van der Waals surface area contributed by atoms with E-state index >= 15 is 0 Å². The summed E-state index contributed by atoms with van der Waals surface area (Å²) < 4.78 is 27.7. The molecule has 2 N–H and O–H groups in total. The third kappa shape index (κ3) is 3.67. The van der Waals surface area contributed by atoms with Gasteiger partial charge in [-0.25, -0.2) is 13.4 Å². The van der Waals surface area contributed by atoms with Gasteiger partial charge in [-0.1, -0.05) is 29.3 Å². The van der Waals surface area contributed by atoms with Crippen molar-refractivity contribution in [3.63, 3.8) is 0 Å². The molecule has 0 aliphatic carbocycles. The molecule has 7 heteroatoms. The number of sulfonamides is 1. The van der Waals surface area contributed by atoms with Crippen LogP contribution in [0.4, 0.5) is 5.69 Å². The Labute approximate surface area is 162 Å². The molecule has 0 aliphatic heterocycles. The average molecular weight is 398 g/mol. The molecule has 0 unspecified atom stereocenters. The third-order valence-electron chi connectivity index (χ3n) is 4.18. The number of aromatic amines is 1. The van der Waals surface area contributed by atoms with Crippen LogP contribution in [-0.4, -0.2) is 18.4 Å². The van der Waals surface area contributed by atoms with Crippen LogP contribution in [0, 0.1) is 6.92 Å². The number of aryl methyl sites for hydroxylation is 1. The fraction of sp³-hybridized carbons (Fsp3) is 0.0500. The first-order valence-corrected chi connectivity index (χ1v) is 10.1. The minimum absolute atomic E-state index is 0.222. The Bertz CT molecular complexity index is 1210. The number of nitrogens with one attached hydrogen (secondary N) is 2. The van der Waals surface area contributed by atoms with Gasteiger partial charge in [0, 0.05) is 10.6 Å². The molecule has 3 aromatic carbocycles. The summed E-state index contributed by atoms with van der Waals surface area (Å²) >= 11 is 5.92. The minimum atomic E-state index is -3.65. The van der Waals surface area contributed by atoms with Crippen LogP contribution < -0.4 is 4.72 Å². The van der Waals surface area contributed by atoms with Crippen LogP contribution >= 0.6 is 11.6 Å². The Balaban J connectivity index is 1.65. The molecule has 0 atom stereocenters. The molecule has 0 radical (unpaired) electrons. The lowest BCUT2D eigenvalue weighted by Gasteiger charge is -2.08. The molecular formula is C20H16ClN3O2S. The second kappa shape index (κ2) is 6.72. The Morgan fingerprint density at radius 1 is 0.963 bits per heavy atom. The number of anilines is 1. The van der Waals surface area contributed by atoms with E-state index in [0.717, 1.165) is 22.2 Å². The Hall–Kier alpha value is -2.83. The van der Waals surface area contributed by atoms with E-state index < -0.39 is 10.0 Å². The van der Waals surface area contributed by atoms with Crippen molar-refractivity contribution in [3.05, 3.63) is 77.3 Å². The Morgan fingerprint density at radius 2 is 1.67 bits per heavy atom. The Morgan fingerprint density at radius 3 is 2.37 bits per heavy atom. The highest BCUT2D eigenvalue weighted by Crippen LogP contribution is 2.25. The summed E-state index contributed by atoms with van der Waals surface area (Å²) in [6.07, 6.45) is 0. The van der Waals surface area contributed by atoms with Gasteiger partial charge in [0.2, 0.25) is 0 Å². The number of rotatable bonds is 4. The molecule has 0 bridgehead atoms. The highest BCUT2D eigenvalue weighted by Gasteiger charge is 2.14. The summed E-state index contributed by atoms with van der Waals surface area (Å²) in [6.45, 7) is 1.91. The molecule has 27 heavy (non-hydrogen) atoms. The van der Waals surface area contributed by atoms with Crippen molar-refractivity contribution < 1.29 is 8.42 Å². The van der Waals surface area contributed by atoms with Gasteiger partial charge in [-0.3, -0.25) is 4.72 Å². The van der Waals surface area contributed by atoms with Gasteiger partial charge in [0.25, 0.3) is 10.0 Å². The van der Waals surface area contributed by atoms with Crippen molar-refractivity contribution in [2.45, 2.75) is 11.8 Å². The molecule has 0 amide bonds. The molecule has 0 saturated heterocycles. The van der Waals surface area contributed by atoms with Gasteiger partial charge in [-0.05, 0) is 61.5 Å². The molecule has 0 aliphatic rings. The molecule has 0 spiro atoms. The number of hydrogen-bond donors (Lipinski definition) is 2. The van der Waals surface area contributed by atoms with E-state index in [-0.39, 0.29) is 4.90 Å². The van der Waals surface area contributed by atoms with Crippen LogP contribution in [0.2, 0.25) is 5.02 Å². The summed E-state index contributed by atoms with van der Waals surface area (Å²) in [5.41, 5.74) is 3.86. The number of hydrogen-bond acceptors (Lipinski definition) is 3. The van der Waals surface area contributed by atoms with Crippen LogP contribution in [0.5, 0.6) is 0 Å². The number of imidazole rings is 1. The number of H-pyrrole nitrogens is 1. The number of fused-ring (bicyclic) bond motifs is 1. The van der Waals surface area contributed by atoms with E-state index in [9.17, 15) is 8.42 Å². The SMILES string of the molecule is Cc1ccc(S(=O)(=O)Nc2ccc3nc(-c4ccc(Cl)cc4)[nH]c3c2)cc1. The Kier molecular flexibility index (Phi) is 4.37. The van der Waals surface area contributed by atoms with Crippen LogP contribution in [-0.2, 0) is 10.0 Å². The van der Waals surface area contributed by atoms with E-state index in [1.165, 1.54) is 0 Å². The van der Waals surface area contributed by atoms with E-state index in [4.69, 9.17) is 11.6 Å². The lowest BCUT2D eigenvalue weighted by atomic mass is 10.2. The quantitative estimate of drug-likeness (QED) is 0.509. The van der Waals surface area contributed by atoms with Crippen LogP contribution in [0.1, 0.15) is 5.56 Å². The van der Waals surface area contributed by atoms with E-state index in [1.54, 1.807) is 54.6 Å². The molecule has 0 saturated carbocycles. The van der Waals surface area contributed by atoms with Gasteiger partial charge in [0.15, 0.2) is 0 Å². The maximum Gasteiger partial charge on any atom is 0.261 e. The van der Waals surface area contributed by atoms with Crippen LogP contribution in [0.15, 0.2) is 71.6 Å². The van der Waals surface area contributed by atoms with E-state index in [2.05, 4.69) is 14.7 Å². The smallest absolute Gasteiger partial charge is 0.261 e. The van der Waals surface area contributed by atoms with Crippen molar-refractivity contribution in [2.24, 2.45) is 0 Å². The second-order valence-corrected chi connectivity index (χ2v) is 8.36. The highest BCUT2D eigenvalue weighted by molar-refractivity contribution is 7.92. The fourth-order valence-corrected chi connectivity index (χ4v) is 3.92. The number of aromatic nitrogens is 2. The van der Waals surface area contributed by atoms with Crippen molar-refractivity contribution in [1.29, 1.82) is 0 Å². The largest absolute Gasteiger partial charge is 0.338 e. The summed E-state index contributed by atoms with van der Waals surface area (Å²) in [4.78, 5) is 7.98. The molecule has 4 aromatic rings. The van der Waals surface area contributed by atoms with Crippen molar-refractivity contribution in [3.8, 4) is 11.4 Å². The lowest BCUT2D eigenvalue weighted by Crippen LogP contribution is -2.12. The maximum absolute atomic E-state index is 12.6. The third-order valence-corrected chi connectivity index (χ3v) is 5.83. The van der Waals surface area contributed by atoms with Crippen molar-refractivity contribution in [1.82, 2.24) is 9.97 Å². The predicted molar refractivity (Wildman–Crippen MR) is 109 cm³/mol. The first-order chi connectivity index (χ1) is 12.9.